The van der Waals surface area contributed by atoms with Crippen molar-refractivity contribution in [2.75, 3.05) is 18.4 Å². The zero-order valence-electron chi connectivity index (χ0n) is 13.0. The minimum absolute atomic E-state index is 0.0447. The first kappa shape index (κ1) is 16.2. The van der Waals surface area contributed by atoms with Gasteiger partial charge in [0, 0.05) is 30.1 Å². The van der Waals surface area contributed by atoms with E-state index < -0.39 is 11.6 Å². The highest BCUT2D eigenvalue weighted by atomic mass is 32.1. The van der Waals surface area contributed by atoms with Crippen molar-refractivity contribution < 1.29 is 19.4 Å². The molecule has 1 aromatic carbocycles. The third-order valence-corrected chi connectivity index (χ3v) is 4.71. The lowest BCUT2D eigenvalue weighted by Crippen LogP contribution is -2.50. The number of nitrogens with one attached hydrogen (secondary N) is 2. The number of tetrazole rings is 1. The normalized spacial score (nSPS) is 14.3. The fraction of sp³-hybridized carbons (Fsp3) is 0.214. The summed E-state index contributed by atoms with van der Waals surface area (Å²) < 4.78 is 13.5. The van der Waals surface area contributed by atoms with Gasteiger partial charge in [0.1, 0.15) is 5.75 Å². The Labute approximate surface area is 149 Å². The molecule has 0 aliphatic carbocycles. The van der Waals surface area contributed by atoms with Gasteiger partial charge < -0.3 is 15.1 Å². The van der Waals surface area contributed by atoms with Gasteiger partial charge in [-0.3, -0.25) is 5.32 Å². The van der Waals surface area contributed by atoms with Crippen LogP contribution in [-0.2, 0) is 0 Å². The number of hydrogen-bond donors (Lipinski definition) is 4. The molecule has 134 valence electrons. The zero-order chi connectivity index (χ0) is 18.3. The molecule has 0 unspecified atom stereocenters. The van der Waals surface area contributed by atoms with Crippen LogP contribution in [0.3, 0.4) is 0 Å². The van der Waals surface area contributed by atoms with Crippen LogP contribution in [0, 0.1) is 5.82 Å². The third-order valence-electron chi connectivity index (χ3n) is 3.95. The van der Waals surface area contributed by atoms with Gasteiger partial charge in [0.15, 0.2) is 22.5 Å². The van der Waals surface area contributed by atoms with Gasteiger partial charge in [-0.05, 0) is 6.07 Å². The van der Waals surface area contributed by atoms with E-state index in [9.17, 15) is 19.4 Å². The molecule has 0 atom stereocenters. The number of carbonyl (C=O) groups excluding carboxylic acids is 1. The number of aromatic amines is 1. The molecule has 0 radical (unpaired) electrons. The lowest BCUT2D eigenvalue weighted by Gasteiger charge is -2.36. The first-order chi connectivity index (χ1) is 12.5. The topological polar surface area (TPSA) is 140 Å². The molecule has 0 bridgehead atoms. The fourth-order valence-electron chi connectivity index (χ4n) is 2.53. The number of phenols is 2. The molecule has 0 spiro atoms. The summed E-state index contributed by atoms with van der Waals surface area (Å²) in [7, 11) is 0. The van der Waals surface area contributed by atoms with Crippen molar-refractivity contribution in [3.05, 3.63) is 29.2 Å². The second kappa shape index (κ2) is 6.22. The number of halogens is 1. The van der Waals surface area contributed by atoms with E-state index in [-0.39, 0.29) is 29.0 Å². The Balaban J connectivity index is 1.41. The van der Waals surface area contributed by atoms with Crippen LogP contribution in [-0.4, -0.2) is 59.8 Å². The molecule has 3 aromatic rings. The van der Waals surface area contributed by atoms with E-state index in [1.54, 1.807) is 10.3 Å². The monoisotopic (exact) mass is 377 g/mol. The smallest absolute Gasteiger partial charge is 0.323 e. The average molecular weight is 377 g/mol. The number of aromatic nitrogens is 5. The Bertz CT molecular complexity index is 956. The summed E-state index contributed by atoms with van der Waals surface area (Å²) in [5, 5.41) is 37.2. The van der Waals surface area contributed by atoms with Crippen molar-refractivity contribution in [3.63, 3.8) is 0 Å². The van der Waals surface area contributed by atoms with Crippen LogP contribution in [0.1, 0.15) is 11.7 Å². The molecule has 12 heteroatoms. The van der Waals surface area contributed by atoms with E-state index >= 15 is 0 Å². The molecule has 1 saturated heterocycles. The number of thiazole rings is 1. The van der Waals surface area contributed by atoms with E-state index in [0.29, 0.717) is 24.0 Å². The number of anilines is 1. The van der Waals surface area contributed by atoms with Crippen molar-refractivity contribution in [3.8, 4) is 22.8 Å². The number of H-pyrrole nitrogens is 1. The van der Waals surface area contributed by atoms with Crippen molar-refractivity contribution in [2.45, 2.75) is 5.92 Å². The molecule has 1 aliphatic heterocycles. The minimum atomic E-state index is -0.871. The summed E-state index contributed by atoms with van der Waals surface area (Å²) in [4.78, 5) is 17.9. The van der Waals surface area contributed by atoms with Crippen molar-refractivity contribution in [1.29, 1.82) is 0 Å². The second-order valence-electron chi connectivity index (χ2n) is 5.66. The van der Waals surface area contributed by atoms with Gasteiger partial charge in [-0.25, -0.2) is 14.2 Å². The number of carbonyl (C=O) groups is 1. The summed E-state index contributed by atoms with van der Waals surface area (Å²) in [5.74, 6) is -1.22. The second-order valence-corrected chi connectivity index (χ2v) is 6.52. The lowest BCUT2D eigenvalue weighted by atomic mass is 10.0. The van der Waals surface area contributed by atoms with E-state index in [1.807, 2.05) is 0 Å². The van der Waals surface area contributed by atoms with Crippen LogP contribution < -0.4 is 5.32 Å². The molecule has 2 amide bonds. The molecular formula is C14H12FN7O3S. The van der Waals surface area contributed by atoms with Crippen molar-refractivity contribution in [1.82, 2.24) is 30.5 Å². The van der Waals surface area contributed by atoms with Crippen LogP contribution in [0.25, 0.3) is 11.3 Å². The number of amides is 2. The van der Waals surface area contributed by atoms with Gasteiger partial charge in [-0.2, -0.15) is 5.21 Å². The Hall–Kier alpha value is -3.28. The molecule has 4 rings (SSSR count). The van der Waals surface area contributed by atoms with Crippen molar-refractivity contribution >= 4 is 22.5 Å². The fourth-order valence-corrected chi connectivity index (χ4v) is 3.23. The molecule has 1 aliphatic rings. The number of hydrogen-bond acceptors (Lipinski definition) is 8. The SMILES string of the molecule is O=C(Nc1nc(-c2cc(F)c(O)cc2O)cs1)N1CC(c2nn[nH]n2)C1. The molecule has 0 saturated carbocycles. The molecular weight excluding hydrogens is 365 g/mol. The summed E-state index contributed by atoms with van der Waals surface area (Å²) >= 11 is 1.14. The predicted molar refractivity (Wildman–Crippen MR) is 88.3 cm³/mol. The number of aromatic hydroxyl groups is 2. The molecule has 3 heterocycles. The molecule has 1 fully saturated rings. The van der Waals surface area contributed by atoms with Crippen LogP contribution in [0.15, 0.2) is 17.5 Å². The quantitative estimate of drug-likeness (QED) is 0.542. The maximum Gasteiger partial charge on any atom is 0.323 e. The number of urea groups is 1. The predicted octanol–water partition coefficient (Wildman–Crippen LogP) is 1.50. The first-order valence-corrected chi connectivity index (χ1v) is 8.36. The summed E-state index contributed by atoms with van der Waals surface area (Å²) in [5.41, 5.74) is 0.410. The van der Waals surface area contributed by atoms with Crippen LogP contribution in [0.2, 0.25) is 0 Å². The van der Waals surface area contributed by atoms with E-state index in [4.69, 9.17) is 0 Å². The van der Waals surface area contributed by atoms with Gasteiger partial charge in [-0.15, -0.1) is 21.5 Å². The Morgan fingerprint density at radius 3 is 2.88 bits per heavy atom. The highest BCUT2D eigenvalue weighted by Crippen LogP contribution is 2.35. The van der Waals surface area contributed by atoms with Crippen LogP contribution in [0.4, 0.5) is 14.3 Å². The van der Waals surface area contributed by atoms with Gasteiger partial charge in [0.05, 0.1) is 11.6 Å². The van der Waals surface area contributed by atoms with Gasteiger partial charge in [0.2, 0.25) is 0 Å². The number of rotatable bonds is 3. The molecule has 10 nitrogen and oxygen atoms in total. The molecule has 4 N–H and O–H groups in total. The van der Waals surface area contributed by atoms with Gasteiger partial charge >= 0.3 is 6.03 Å². The maximum atomic E-state index is 13.5. The maximum absolute atomic E-state index is 13.5. The molecule has 2 aromatic heterocycles. The van der Waals surface area contributed by atoms with Gasteiger partial charge in [0.25, 0.3) is 0 Å². The highest BCUT2D eigenvalue weighted by Gasteiger charge is 2.34. The van der Waals surface area contributed by atoms with Crippen molar-refractivity contribution in [2.24, 2.45) is 0 Å². The Kier molecular flexibility index (Phi) is 3.88. The zero-order valence-corrected chi connectivity index (χ0v) is 13.9. The lowest BCUT2D eigenvalue weighted by molar-refractivity contribution is 0.161. The summed E-state index contributed by atoms with van der Waals surface area (Å²) in [6, 6.07) is 1.56. The Morgan fingerprint density at radius 2 is 2.15 bits per heavy atom. The minimum Gasteiger partial charge on any atom is -0.507 e. The highest BCUT2D eigenvalue weighted by molar-refractivity contribution is 7.14. The first-order valence-electron chi connectivity index (χ1n) is 7.48. The van der Waals surface area contributed by atoms with Gasteiger partial charge in [-0.1, -0.05) is 5.21 Å². The molecule has 26 heavy (non-hydrogen) atoms. The van der Waals surface area contributed by atoms with Crippen LogP contribution in [0.5, 0.6) is 11.5 Å². The average Bonchev–Trinajstić information content (AvgIpc) is 3.21. The van der Waals surface area contributed by atoms with Crippen LogP contribution >= 0.6 is 11.3 Å². The van der Waals surface area contributed by atoms with E-state index in [0.717, 1.165) is 23.5 Å². The summed E-state index contributed by atoms with van der Waals surface area (Å²) in [6.07, 6.45) is 0. The number of likely N-dealkylation sites (tertiary alicyclic amines) is 1. The van der Waals surface area contributed by atoms with E-state index in [2.05, 4.69) is 30.9 Å². The number of benzene rings is 1. The summed E-state index contributed by atoms with van der Waals surface area (Å²) in [6.45, 7) is 0.932. The number of phenolic OH excluding ortho intramolecular Hbond substituents is 2. The third kappa shape index (κ3) is 2.90. The standard InChI is InChI=1S/C14H12FN7O3S/c15-8-1-7(10(23)2-11(8)24)9-5-26-13(16-9)17-14(25)22-3-6(4-22)12-18-20-21-19-12/h1-2,5-6,23-24H,3-4H2,(H,16,17,25)(H,18,19,20,21). The van der Waals surface area contributed by atoms with E-state index in [1.165, 1.54) is 0 Å². The Morgan fingerprint density at radius 1 is 1.35 bits per heavy atom. The largest absolute Gasteiger partial charge is 0.507 e. The number of nitrogens with zero attached hydrogens (tertiary/aromatic N) is 5.